The first kappa shape index (κ1) is 19.0. The second kappa shape index (κ2) is 7.07. The molecule has 0 bridgehead atoms. The average Bonchev–Trinajstić information content (AvgIpc) is 2.93. The molecule has 0 aliphatic carbocycles. The van der Waals surface area contributed by atoms with Gasteiger partial charge in [-0.05, 0) is 54.6 Å². The Balaban J connectivity index is 2.16. The van der Waals surface area contributed by atoms with Crippen LogP contribution in [-0.2, 0) is 9.59 Å². The number of Topliss-reactive ketones (excluding diaryl/α,β-unsaturated/α-hetero) is 1. The lowest BCUT2D eigenvalue weighted by Crippen LogP contribution is -2.32. The number of methoxy groups -OCH3 is 1. The fourth-order valence-corrected chi connectivity index (χ4v) is 3.16. The van der Waals surface area contributed by atoms with Crippen molar-refractivity contribution in [2.45, 2.75) is 13.0 Å². The average molecular weight is 382 g/mol. The first-order valence-electron chi connectivity index (χ1n) is 8.22. The van der Waals surface area contributed by atoms with Gasteiger partial charge in [-0.25, -0.2) is 4.79 Å². The molecule has 1 heterocycles. The van der Waals surface area contributed by atoms with E-state index in [9.17, 15) is 24.6 Å². The number of carboxylic acids is 1. The van der Waals surface area contributed by atoms with Crippen molar-refractivity contribution in [1.82, 2.24) is 0 Å². The molecule has 0 spiro atoms. The smallest absolute Gasteiger partial charge is 0.335 e. The summed E-state index contributed by atoms with van der Waals surface area (Å²) in [6, 6.07) is 8.62. The molecule has 1 amide bonds. The van der Waals surface area contributed by atoms with Gasteiger partial charge in [-0.2, -0.15) is 0 Å². The molecular weight excluding hydrogens is 366 g/mol. The van der Waals surface area contributed by atoms with Gasteiger partial charge < -0.3 is 20.1 Å². The number of ketones is 1. The topological polar surface area (TPSA) is 127 Å². The number of ether oxygens (including phenoxy) is 1. The Kier molecular flexibility index (Phi) is 4.79. The lowest BCUT2D eigenvalue weighted by Gasteiger charge is -2.28. The van der Waals surface area contributed by atoms with Gasteiger partial charge in [0.05, 0.1) is 18.7 Å². The van der Waals surface area contributed by atoms with Crippen molar-refractivity contribution in [2.24, 2.45) is 0 Å². The number of rotatable bonds is 5. The van der Waals surface area contributed by atoms with E-state index >= 15 is 0 Å². The monoisotopic (exact) mass is 382 g/mol. The van der Waals surface area contributed by atoms with E-state index in [0.29, 0.717) is 5.56 Å². The molecule has 0 saturated heterocycles. The Morgan fingerprint density at radius 1 is 1.14 bits per heavy atom. The first-order chi connectivity index (χ1) is 13.3. The number of hydrogen-bond acceptors (Lipinski definition) is 6. The maximum Gasteiger partial charge on any atom is 0.335 e. The van der Waals surface area contributed by atoms with Crippen LogP contribution in [0.15, 0.2) is 53.8 Å². The van der Waals surface area contributed by atoms with Crippen molar-refractivity contribution in [2.75, 3.05) is 12.0 Å². The summed E-state index contributed by atoms with van der Waals surface area (Å²) >= 11 is 0. The minimum absolute atomic E-state index is 0.0142. The molecule has 0 fully saturated rings. The molecule has 0 unspecified atom stereocenters. The van der Waals surface area contributed by atoms with E-state index in [-0.39, 0.29) is 28.3 Å². The minimum Gasteiger partial charge on any atom is -0.868 e. The number of aromatic carboxylic acids is 1. The van der Waals surface area contributed by atoms with Gasteiger partial charge in [-0.3, -0.25) is 14.5 Å². The third-order valence-corrected chi connectivity index (χ3v) is 4.48. The molecule has 28 heavy (non-hydrogen) atoms. The fraction of sp³-hybridized carbons (Fsp3) is 0.150. The highest BCUT2D eigenvalue weighted by Crippen LogP contribution is 2.42. The van der Waals surface area contributed by atoms with E-state index in [1.807, 2.05) is 0 Å². The number of phenolic OH excluding ortho intramolecular Hbond substituents is 1. The number of carbonyl (C=O) groups is 3. The quantitative estimate of drug-likeness (QED) is 0.800. The number of anilines is 1. The van der Waals surface area contributed by atoms with Gasteiger partial charge in [0.25, 0.3) is 0 Å². The van der Waals surface area contributed by atoms with Crippen LogP contribution in [-0.4, -0.2) is 35.0 Å². The van der Waals surface area contributed by atoms with Crippen LogP contribution in [0.25, 0.3) is 0 Å². The zero-order chi connectivity index (χ0) is 20.6. The highest BCUT2D eigenvalue weighted by atomic mass is 16.5. The van der Waals surface area contributed by atoms with Crippen molar-refractivity contribution >= 4 is 23.3 Å². The fourth-order valence-electron chi connectivity index (χ4n) is 3.16. The summed E-state index contributed by atoms with van der Waals surface area (Å²) in [5.41, 5.74) is 0.457. The minimum atomic E-state index is -1.13. The SMILES string of the molecule is COc1cc([C@@H]2C(C(C)=O)=C([O-])C(=O)N2c2ccc(C(=O)O)cc2)ccc1O. The Labute approximate surface area is 159 Å². The Morgan fingerprint density at radius 3 is 2.32 bits per heavy atom. The van der Waals surface area contributed by atoms with E-state index in [1.165, 1.54) is 56.5 Å². The molecule has 0 saturated carbocycles. The van der Waals surface area contributed by atoms with Gasteiger partial charge >= 0.3 is 5.97 Å². The van der Waals surface area contributed by atoms with Crippen LogP contribution in [0, 0.1) is 0 Å². The summed E-state index contributed by atoms with van der Waals surface area (Å²) in [4.78, 5) is 37.0. The standard InChI is InChI=1S/C20H17NO7/c1-10(22)16-17(12-5-8-14(23)15(9-12)28-2)21(19(25)18(16)24)13-6-3-11(4-7-13)20(26)27/h3-9,17,23-24H,1-2H3,(H,26,27)/p-1/t17-/m1/s1. The molecular formula is C20H16NO7-. The number of nitrogens with zero attached hydrogens (tertiary/aromatic N) is 1. The van der Waals surface area contributed by atoms with E-state index in [4.69, 9.17) is 9.84 Å². The van der Waals surface area contributed by atoms with Crippen LogP contribution >= 0.6 is 0 Å². The van der Waals surface area contributed by atoms with Crippen molar-refractivity contribution in [3.8, 4) is 11.5 Å². The van der Waals surface area contributed by atoms with Crippen LogP contribution in [0.5, 0.6) is 11.5 Å². The largest absolute Gasteiger partial charge is 0.868 e. The second-order valence-corrected chi connectivity index (χ2v) is 6.16. The molecule has 1 aliphatic rings. The van der Waals surface area contributed by atoms with Gasteiger partial charge in [0, 0.05) is 11.3 Å². The summed E-state index contributed by atoms with van der Waals surface area (Å²) in [5.74, 6) is -3.53. The maximum atomic E-state index is 12.7. The molecule has 3 rings (SSSR count). The highest BCUT2D eigenvalue weighted by molar-refractivity contribution is 6.15. The lowest BCUT2D eigenvalue weighted by atomic mass is 9.96. The molecule has 144 valence electrons. The number of carboxylic acid groups (broad SMARTS) is 1. The second-order valence-electron chi connectivity index (χ2n) is 6.16. The van der Waals surface area contributed by atoms with E-state index in [2.05, 4.69) is 0 Å². The number of aromatic hydroxyl groups is 1. The molecule has 1 atom stereocenters. The Bertz CT molecular complexity index is 1010. The molecule has 2 N–H and O–H groups in total. The molecule has 2 aromatic carbocycles. The maximum absolute atomic E-state index is 12.7. The summed E-state index contributed by atoms with van der Waals surface area (Å²) in [5, 5.41) is 31.4. The van der Waals surface area contributed by atoms with Gasteiger partial charge in [0.1, 0.15) is 0 Å². The predicted octanol–water partition coefficient (Wildman–Crippen LogP) is 1.39. The van der Waals surface area contributed by atoms with E-state index in [1.54, 1.807) is 0 Å². The third kappa shape index (κ3) is 3.05. The number of phenols is 1. The molecule has 1 aliphatic heterocycles. The number of carbonyl (C=O) groups excluding carboxylic acids is 2. The molecule has 0 radical (unpaired) electrons. The van der Waals surface area contributed by atoms with Crippen molar-refractivity contribution in [3.63, 3.8) is 0 Å². The summed E-state index contributed by atoms with van der Waals surface area (Å²) in [6.07, 6.45) is 0. The highest BCUT2D eigenvalue weighted by Gasteiger charge is 2.39. The van der Waals surface area contributed by atoms with Gasteiger partial charge in [0.2, 0.25) is 5.91 Å². The van der Waals surface area contributed by atoms with E-state index < -0.39 is 29.5 Å². The lowest BCUT2D eigenvalue weighted by molar-refractivity contribution is -0.298. The molecule has 2 aromatic rings. The molecule has 0 aromatic heterocycles. The number of hydrogen-bond donors (Lipinski definition) is 2. The Morgan fingerprint density at radius 2 is 1.79 bits per heavy atom. The first-order valence-corrected chi connectivity index (χ1v) is 8.22. The van der Waals surface area contributed by atoms with Gasteiger partial charge in [-0.15, -0.1) is 0 Å². The number of amides is 1. The zero-order valence-corrected chi connectivity index (χ0v) is 15.0. The van der Waals surface area contributed by atoms with Crippen molar-refractivity contribution in [3.05, 3.63) is 64.9 Å². The summed E-state index contributed by atoms with van der Waals surface area (Å²) in [7, 11) is 1.35. The van der Waals surface area contributed by atoms with Gasteiger partial charge in [0.15, 0.2) is 17.3 Å². The predicted molar refractivity (Wildman–Crippen MR) is 96.0 cm³/mol. The zero-order valence-electron chi connectivity index (χ0n) is 15.0. The van der Waals surface area contributed by atoms with Crippen LogP contribution < -0.4 is 14.7 Å². The van der Waals surface area contributed by atoms with E-state index in [0.717, 1.165) is 4.90 Å². The summed E-state index contributed by atoms with van der Waals surface area (Å²) < 4.78 is 5.08. The van der Waals surface area contributed by atoms with Crippen molar-refractivity contribution < 1.29 is 34.4 Å². The summed E-state index contributed by atoms with van der Waals surface area (Å²) in [6.45, 7) is 1.20. The Hall–Kier alpha value is -3.81. The third-order valence-electron chi connectivity index (χ3n) is 4.48. The van der Waals surface area contributed by atoms with Gasteiger partial charge in [-0.1, -0.05) is 6.07 Å². The molecule has 8 nitrogen and oxygen atoms in total. The van der Waals surface area contributed by atoms with Crippen LogP contribution in [0.4, 0.5) is 5.69 Å². The van der Waals surface area contributed by atoms with Crippen LogP contribution in [0.2, 0.25) is 0 Å². The van der Waals surface area contributed by atoms with Crippen molar-refractivity contribution in [1.29, 1.82) is 0 Å². The normalized spacial score (nSPS) is 16.4. The molecule has 8 heteroatoms. The van der Waals surface area contributed by atoms with Crippen LogP contribution in [0.1, 0.15) is 28.9 Å². The number of benzene rings is 2. The van der Waals surface area contributed by atoms with Crippen LogP contribution in [0.3, 0.4) is 0 Å².